The topological polar surface area (TPSA) is 98.7 Å². The molecule has 154 valence electrons. The van der Waals surface area contributed by atoms with Gasteiger partial charge in [0.2, 0.25) is 0 Å². The lowest BCUT2D eigenvalue weighted by molar-refractivity contribution is -0.140. The van der Waals surface area contributed by atoms with E-state index in [2.05, 4.69) is 24.5 Å². The van der Waals surface area contributed by atoms with Crippen molar-refractivity contribution in [2.24, 2.45) is 0 Å². The van der Waals surface area contributed by atoms with Gasteiger partial charge in [-0.05, 0) is 38.8 Å². The average molecular weight is 409 g/mol. The van der Waals surface area contributed by atoms with E-state index >= 15 is 0 Å². The molecule has 8 heteroatoms. The number of hydrogen-bond acceptors (Lipinski definition) is 6. The molecule has 4 N–H and O–H groups in total. The van der Waals surface area contributed by atoms with E-state index in [0.717, 1.165) is 63.1 Å². The fourth-order valence-electron chi connectivity index (χ4n) is 2.38. The molecule has 0 saturated carbocycles. The van der Waals surface area contributed by atoms with E-state index in [-0.39, 0.29) is 0 Å². The smallest absolute Gasteiger partial charge is 0.320 e. The maximum Gasteiger partial charge on any atom is 0.320 e. The number of carbonyl (C=O) groups is 2. The molecule has 0 saturated heterocycles. The van der Waals surface area contributed by atoms with Crippen LogP contribution in [0.15, 0.2) is 0 Å². The Morgan fingerprint density at radius 3 is 1.46 bits per heavy atom. The molecule has 0 radical (unpaired) electrons. The predicted octanol–water partition coefficient (Wildman–Crippen LogP) is 3.61. The zero-order chi connectivity index (χ0) is 19.6. The van der Waals surface area contributed by atoms with Crippen molar-refractivity contribution >= 4 is 33.5 Å². The summed E-state index contributed by atoms with van der Waals surface area (Å²) in [6.07, 6.45) is 7.64. The van der Waals surface area contributed by atoms with E-state index in [9.17, 15) is 19.8 Å². The van der Waals surface area contributed by atoms with Gasteiger partial charge in [-0.15, -0.1) is 0 Å². The van der Waals surface area contributed by atoms with Gasteiger partial charge < -0.3 is 20.8 Å². The maximum absolute atomic E-state index is 11.2. The van der Waals surface area contributed by atoms with Crippen LogP contribution in [0.4, 0.5) is 0 Å². The molecule has 0 aromatic rings. The third-order valence-corrected chi connectivity index (χ3v) is 6.47. The number of nitrogens with one attached hydrogen (secondary N) is 2. The average Bonchev–Trinajstić information content (AvgIpc) is 2.60. The van der Waals surface area contributed by atoms with Crippen LogP contribution in [0.5, 0.6) is 0 Å². The molecule has 2 atom stereocenters. The second-order valence-electron chi connectivity index (χ2n) is 6.33. The van der Waals surface area contributed by atoms with Crippen LogP contribution in [0.25, 0.3) is 0 Å². The first kappa shape index (κ1) is 25.6. The lowest BCUT2D eigenvalue weighted by Gasteiger charge is -2.15. The monoisotopic (exact) mass is 408 g/mol. The standard InChI is InChI=1S/C18H36N2O4S2/c1-3-5-7-11-19-15(17(21)22)9-13-25-26-14-10-16(18(23)24)20-12-8-6-4-2/h15-16,19-20H,3-14H2,1-2H3,(H,21,22)(H,23,24). The van der Waals surface area contributed by atoms with E-state index < -0.39 is 24.0 Å². The van der Waals surface area contributed by atoms with Crippen molar-refractivity contribution < 1.29 is 19.8 Å². The van der Waals surface area contributed by atoms with Gasteiger partial charge in [-0.2, -0.15) is 0 Å². The predicted molar refractivity (Wildman–Crippen MR) is 112 cm³/mol. The fraction of sp³-hybridized carbons (Fsp3) is 0.889. The second kappa shape index (κ2) is 17.9. The van der Waals surface area contributed by atoms with Gasteiger partial charge in [0.15, 0.2) is 0 Å². The first-order valence-corrected chi connectivity index (χ1v) is 12.2. The second-order valence-corrected chi connectivity index (χ2v) is 9.03. The Kier molecular flexibility index (Phi) is 17.6. The van der Waals surface area contributed by atoms with Crippen molar-refractivity contribution in [3.63, 3.8) is 0 Å². The Labute approximate surface area is 166 Å². The molecular weight excluding hydrogens is 372 g/mol. The number of carboxylic acids is 2. The highest BCUT2D eigenvalue weighted by atomic mass is 33.1. The summed E-state index contributed by atoms with van der Waals surface area (Å²) in [5.41, 5.74) is 0. The van der Waals surface area contributed by atoms with Crippen LogP contribution in [0.2, 0.25) is 0 Å². The summed E-state index contributed by atoms with van der Waals surface area (Å²) < 4.78 is 0. The van der Waals surface area contributed by atoms with Gasteiger partial charge in [-0.3, -0.25) is 9.59 Å². The summed E-state index contributed by atoms with van der Waals surface area (Å²) in [5.74, 6) is -0.114. The molecule has 0 aromatic carbocycles. The lowest BCUT2D eigenvalue weighted by atomic mass is 10.2. The normalized spacial score (nSPS) is 13.5. The third kappa shape index (κ3) is 14.7. The number of hydrogen-bond donors (Lipinski definition) is 4. The molecule has 0 aliphatic carbocycles. The van der Waals surface area contributed by atoms with Crippen molar-refractivity contribution in [3.8, 4) is 0 Å². The summed E-state index contributed by atoms with van der Waals surface area (Å²) in [7, 11) is 3.24. The molecule has 0 aliphatic rings. The van der Waals surface area contributed by atoms with E-state index in [4.69, 9.17) is 0 Å². The van der Waals surface area contributed by atoms with Crippen LogP contribution < -0.4 is 10.6 Å². The summed E-state index contributed by atoms with van der Waals surface area (Å²) in [5, 5.41) is 24.7. The van der Waals surface area contributed by atoms with Gasteiger partial charge in [0, 0.05) is 11.5 Å². The molecule has 0 spiro atoms. The van der Waals surface area contributed by atoms with E-state index in [1.165, 1.54) is 0 Å². The number of rotatable bonds is 19. The van der Waals surface area contributed by atoms with Crippen LogP contribution in [0.1, 0.15) is 65.2 Å². The van der Waals surface area contributed by atoms with Gasteiger partial charge in [0.25, 0.3) is 0 Å². The third-order valence-electron chi connectivity index (χ3n) is 4.00. The minimum Gasteiger partial charge on any atom is -0.480 e. The maximum atomic E-state index is 11.2. The number of aliphatic carboxylic acids is 2. The highest BCUT2D eigenvalue weighted by molar-refractivity contribution is 8.76. The Bertz CT molecular complexity index is 339. The van der Waals surface area contributed by atoms with Crippen molar-refractivity contribution in [2.45, 2.75) is 77.3 Å². The Morgan fingerprint density at radius 1 is 0.769 bits per heavy atom. The molecule has 0 bridgehead atoms. The minimum atomic E-state index is -0.797. The molecule has 0 fully saturated rings. The van der Waals surface area contributed by atoms with Crippen LogP contribution >= 0.6 is 21.6 Å². The van der Waals surface area contributed by atoms with Gasteiger partial charge in [0.1, 0.15) is 12.1 Å². The van der Waals surface area contributed by atoms with Crippen LogP contribution in [0.3, 0.4) is 0 Å². The molecule has 0 amide bonds. The first-order chi connectivity index (χ1) is 12.5. The number of carboxylic acid groups (broad SMARTS) is 2. The van der Waals surface area contributed by atoms with Gasteiger partial charge in [0.05, 0.1) is 0 Å². The number of unbranched alkanes of at least 4 members (excludes halogenated alkanes) is 4. The molecule has 2 unspecified atom stereocenters. The molecular formula is C18H36N2O4S2. The molecule has 6 nitrogen and oxygen atoms in total. The van der Waals surface area contributed by atoms with E-state index in [0.29, 0.717) is 12.8 Å². The Balaban J connectivity index is 3.82. The molecule has 0 aliphatic heterocycles. The molecule has 0 rings (SSSR count). The highest BCUT2D eigenvalue weighted by Gasteiger charge is 2.17. The Hall–Kier alpha value is -0.440. The summed E-state index contributed by atoms with van der Waals surface area (Å²) in [6.45, 7) is 5.73. The van der Waals surface area contributed by atoms with Gasteiger partial charge in [-0.25, -0.2) is 0 Å². The summed E-state index contributed by atoms with van der Waals surface area (Å²) in [6, 6.07) is -0.987. The van der Waals surface area contributed by atoms with E-state index in [1.807, 2.05) is 0 Å². The van der Waals surface area contributed by atoms with Crippen molar-refractivity contribution in [2.75, 3.05) is 24.6 Å². The van der Waals surface area contributed by atoms with Crippen molar-refractivity contribution in [3.05, 3.63) is 0 Å². The van der Waals surface area contributed by atoms with Crippen LogP contribution in [-0.4, -0.2) is 58.8 Å². The van der Waals surface area contributed by atoms with Crippen LogP contribution in [0, 0.1) is 0 Å². The molecule has 26 heavy (non-hydrogen) atoms. The first-order valence-electron chi connectivity index (χ1n) is 9.69. The lowest BCUT2D eigenvalue weighted by Crippen LogP contribution is -2.37. The van der Waals surface area contributed by atoms with Gasteiger partial charge >= 0.3 is 11.9 Å². The van der Waals surface area contributed by atoms with E-state index in [1.54, 1.807) is 21.6 Å². The van der Waals surface area contributed by atoms with Crippen molar-refractivity contribution in [1.29, 1.82) is 0 Å². The zero-order valence-corrected chi connectivity index (χ0v) is 17.8. The quantitative estimate of drug-likeness (QED) is 0.190. The zero-order valence-electron chi connectivity index (χ0n) is 16.2. The largest absolute Gasteiger partial charge is 0.480 e. The minimum absolute atomic E-state index is 0.494. The van der Waals surface area contributed by atoms with Gasteiger partial charge in [-0.1, -0.05) is 61.1 Å². The van der Waals surface area contributed by atoms with Crippen molar-refractivity contribution in [1.82, 2.24) is 10.6 Å². The SMILES string of the molecule is CCCCCNC(CCSSCCC(NCCCCC)C(=O)O)C(=O)O. The van der Waals surface area contributed by atoms with Crippen LogP contribution in [-0.2, 0) is 9.59 Å². The highest BCUT2D eigenvalue weighted by Crippen LogP contribution is 2.24. The molecule has 0 heterocycles. The molecule has 0 aromatic heterocycles. The summed E-state index contributed by atoms with van der Waals surface area (Å²) >= 11 is 0. The fourth-order valence-corrected chi connectivity index (χ4v) is 4.56. The summed E-state index contributed by atoms with van der Waals surface area (Å²) in [4.78, 5) is 22.5. The Morgan fingerprint density at radius 2 is 1.15 bits per heavy atom.